The van der Waals surface area contributed by atoms with Crippen LogP contribution < -0.4 is 4.74 Å². The molecule has 0 saturated heterocycles. The van der Waals surface area contributed by atoms with Crippen LogP contribution in [0.5, 0.6) is 11.6 Å². The molecule has 0 aliphatic carbocycles. The molecule has 4 rings (SSSR count). The van der Waals surface area contributed by atoms with Crippen LogP contribution in [0.3, 0.4) is 0 Å². The number of fused-ring (bicyclic) bond motifs is 1. The molecule has 0 aliphatic heterocycles. The normalized spacial score (nSPS) is 11.1. The van der Waals surface area contributed by atoms with Gasteiger partial charge < -0.3 is 4.74 Å². The molecule has 6 heteroatoms. The first-order chi connectivity index (χ1) is 12.5. The minimum Gasteiger partial charge on any atom is -0.438 e. The Hall–Kier alpha value is -2.92. The van der Waals surface area contributed by atoms with Crippen molar-refractivity contribution in [1.82, 2.24) is 19.7 Å². The summed E-state index contributed by atoms with van der Waals surface area (Å²) in [4.78, 5) is 8.69. The minimum atomic E-state index is 0.478. The number of hydrogen-bond acceptors (Lipinski definition) is 4. The Balaban J connectivity index is 1.81. The molecule has 0 atom stereocenters. The molecule has 130 valence electrons. The molecule has 0 saturated carbocycles. The second-order valence-electron chi connectivity index (χ2n) is 6.33. The van der Waals surface area contributed by atoms with Crippen molar-refractivity contribution in [3.05, 3.63) is 70.6 Å². The molecule has 0 N–H and O–H groups in total. The van der Waals surface area contributed by atoms with Gasteiger partial charge in [-0.3, -0.25) is 0 Å². The van der Waals surface area contributed by atoms with Crippen molar-refractivity contribution in [3.8, 4) is 17.3 Å². The Morgan fingerprint density at radius 3 is 2.50 bits per heavy atom. The van der Waals surface area contributed by atoms with Gasteiger partial charge in [0.2, 0.25) is 5.88 Å². The molecule has 2 heterocycles. The van der Waals surface area contributed by atoms with E-state index in [1.165, 1.54) is 6.33 Å². The van der Waals surface area contributed by atoms with E-state index in [9.17, 15) is 0 Å². The van der Waals surface area contributed by atoms with Crippen LogP contribution in [0.25, 0.3) is 16.7 Å². The maximum Gasteiger partial charge on any atom is 0.233 e. The topological polar surface area (TPSA) is 52.8 Å². The van der Waals surface area contributed by atoms with E-state index in [0.29, 0.717) is 16.5 Å². The first-order valence-corrected chi connectivity index (χ1v) is 8.60. The third kappa shape index (κ3) is 3.02. The zero-order valence-corrected chi connectivity index (χ0v) is 15.4. The number of aromatic nitrogens is 4. The van der Waals surface area contributed by atoms with Gasteiger partial charge >= 0.3 is 0 Å². The molecular formula is C20H17ClN4O. The number of rotatable bonds is 3. The molecule has 2 aromatic carbocycles. The molecule has 0 fully saturated rings. The van der Waals surface area contributed by atoms with E-state index in [1.54, 1.807) is 10.9 Å². The van der Waals surface area contributed by atoms with Gasteiger partial charge in [0.1, 0.15) is 17.5 Å². The molecule has 0 radical (unpaired) electrons. The van der Waals surface area contributed by atoms with E-state index in [4.69, 9.17) is 16.3 Å². The van der Waals surface area contributed by atoms with Crippen LogP contribution in [-0.2, 0) is 0 Å². The highest BCUT2D eigenvalue weighted by atomic mass is 35.5. The van der Waals surface area contributed by atoms with Gasteiger partial charge in [0.25, 0.3) is 0 Å². The van der Waals surface area contributed by atoms with E-state index >= 15 is 0 Å². The van der Waals surface area contributed by atoms with E-state index in [-0.39, 0.29) is 0 Å². The highest BCUT2D eigenvalue weighted by molar-refractivity contribution is 6.30. The second kappa shape index (κ2) is 6.42. The summed E-state index contributed by atoms with van der Waals surface area (Å²) in [5.41, 5.74) is 4.87. The van der Waals surface area contributed by atoms with Gasteiger partial charge in [0.05, 0.1) is 11.9 Å². The smallest absolute Gasteiger partial charge is 0.233 e. The van der Waals surface area contributed by atoms with E-state index in [1.807, 2.05) is 51.1 Å². The fraction of sp³-hybridized carbons (Fsp3) is 0.150. The van der Waals surface area contributed by atoms with Gasteiger partial charge in [-0.1, -0.05) is 23.7 Å². The zero-order chi connectivity index (χ0) is 18.3. The lowest BCUT2D eigenvalue weighted by Crippen LogP contribution is -2.00. The van der Waals surface area contributed by atoms with Crippen molar-refractivity contribution < 1.29 is 4.74 Å². The first-order valence-electron chi connectivity index (χ1n) is 8.23. The quantitative estimate of drug-likeness (QED) is 0.502. The van der Waals surface area contributed by atoms with E-state index in [0.717, 1.165) is 33.5 Å². The highest BCUT2D eigenvalue weighted by Gasteiger charge is 2.14. The number of halogens is 1. The Morgan fingerprint density at radius 1 is 0.962 bits per heavy atom. The SMILES string of the molecule is Cc1cc(C)cc(Oc2ncnc3c2cnn3-c2cc(Cl)ccc2C)c1. The van der Waals surface area contributed by atoms with Crippen molar-refractivity contribution in [3.63, 3.8) is 0 Å². The molecular weight excluding hydrogens is 348 g/mol. The third-order valence-corrected chi connectivity index (χ3v) is 4.37. The average molecular weight is 365 g/mol. The highest BCUT2D eigenvalue weighted by Crippen LogP contribution is 2.30. The second-order valence-corrected chi connectivity index (χ2v) is 6.77. The maximum atomic E-state index is 6.15. The summed E-state index contributed by atoms with van der Waals surface area (Å²) < 4.78 is 7.78. The van der Waals surface area contributed by atoms with Crippen molar-refractivity contribution in [2.75, 3.05) is 0 Å². The average Bonchev–Trinajstić information content (AvgIpc) is 3.01. The van der Waals surface area contributed by atoms with E-state index < -0.39 is 0 Å². The van der Waals surface area contributed by atoms with Gasteiger partial charge in [-0.2, -0.15) is 5.10 Å². The number of nitrogens with zero attached hydrogens (tertiary/aromatic N) is 4. The van der Waals surface area contributed by atoms with Gasteiger partial charge in [-0.15, -0.1) is 0 Å². The summed E-state index contributed by atoms with van der Waals surface area (Å²) >= 11 is 6.15. The molecule has 0 amide bonds. The molecule has 26 heavy (non-hydrogen) atoms. The Morgan fingerprint density at radius 2 is 1.73 bits per heavy atom. The molecule has 0 unspecified atom stereocenters. The largest absolute Gasteiger partial charge is 0.438 e. The van der Waals surface area contributed by atoms with Crippen molar-refractivity contribution in [2.24, 2.45) is 0 Å². The summed E-state index contributed by atoms with van der Waals surface area (Å²) in [6.45, 7) is 6.08. The fourth-order valence-corrected chi connectivity index (χ4v) is 3.16. The lowest BCUT2D eigenvalue weighted by molar-refractivity contribution is 0.467. The fourth-order valence-electron chi connectivity index (χ4n) is 2.99. The monoisotopic (exact) mass is 364 g/mol. The number of benzene rings is 2. The van der Waals surface area contributed by atoms with Crippen LogP contribution >= 0.6 is 11.6 Å². The molecule has 2 aromatic heterocycles. The predicted molar refractivity (Wildman–Crippen MR) is 102 cm³/mol. The van der Waals surface area contributed by atoms with Crippen LogP contribution in [-0.4, -0.2) is 19.7 Å². The molecule has 0 aliphatic rings. The Bertz CT molecular complexity index is 1100. The predicted octanol–water partition coefficient (Wildman–Crippen LogP) is 5.19. The van der Waals surface area contributed by atoms with Crippen LogP contribution in [0.4, 0.5) is 0 Å². The Kier molecular flexibility index (Phi) is 4.09. The van der Waals surface area contributed by atoms with Gasteiger partial charge in [-0.05, 0) is 61.7 Å². The lowest BCUT2D eigenvalue weighted by atomic mass is 10.1. The zero-order valence-electron chi connectivity index (χ0n) is 14.7. The summed E-state index contributed by atoms with van der Waals surface area (Å²) in [5.74, 6) is 1.22. The summed E-state index contributed by atoms with van der Waals surface area (Å²) in [5, 5.41) is 5.87. The molecule has 4 aromatic rings. The maximum absolute atomic E-state index is 6.15. The van der Waals surface area contributed by atoms with Crippen LogP contribution in [0.1, 0.15) is 16.7 Å². The standard InChI is InChI=1S/C20H17ClN4O/c1-12-6-13(2)8-16(7-12)26-20-17-10-24-25(19(17)22-11-23-20)18-9-15(21)5-4-14(18)3/h4-11H,1-3H3. The van der Waals surface area contributed by atoms with Crippen LogP contribution in [0.2, 0.25) is 5.02 Å². The van der Waals surface area contributed by atoms with Gasteiger partial charge in [-0.25, -0.2) is 14.6 Å². The van der Waals surface area contributed by atoms with Gasteiger partial charge in [0.15, 0.2) is 5.65 Å². The van der Waals surface area contributed by atoms with E-state index in [2.05, 4.69) is 21.1 Å². The summed E-state index contributed by atoms with van der Waals surface area (Å²) in [6, 6.07) is 11.7. The number of ether oxygens (including phenoxy) is 1. The Labute approximate surface area is 156 Å². The third-order valence-electron chi connectivity index (χ3n) is 4.14. The summed E-state index contributed by atoms with van der Waals surface area (Å²) in [7, 11) is 0. The first kappa shape index (κ1) is 16.5. The van der Waals surface area contributed by atoms with Crippen molar-refractivity contribution in [2.45, 2.75) is 20.8 Å². The number of aryl methyl sites for hydroxylation is 3. The molecule has 0 spiro atoms. The molecule has 0 bridgehead atoms. The van der Waals surface area contributed by atoms with Gasteiger partial charge in [0, 0.05) is 5.02 Å². The van der Waals surface area contributed by atoms with Crippen LogP contribution in [0.15, 0.2) is 48.9 Å². The van der Waals surface area contributed by atoms with Crippen molar-refractivity contribution >= 4 is 22.6 Å². The van der Waals surface area contributed by atoms with Crippen molar-refractivity contribution in [1.29, 1.82) is 0 Å². The lowest BCUT2D eigenvalue weighted by Gasteiger charge is -2.09. The molecule has 5 nitrogen and oxygen atoms in total. The summed E-state index contributed by atoms with van der Waals surface area (Å²) in [6.07, 6.45) is 3.20. The minimum absolute atomic E-state index is 0.478. The number of hydrogen-bond donors (Lipinski definition) is 0. The van der Waals surface area contributed by atoms with Crippen LogP contribution in [0, 0.1) is 20.8 Å².